The van der Waals surface area contributed by atoms with Crippen molar-refractivity contribution in [3.8, 4) is 17.0 Å². The maximum Gasteiger partial charge on any atom is 0.223 e. The third kappa shape index (κ3) is 2.46. The molecule has 0 fully saturated rings. The zero-order valence-electron chi connectivity index (χ0n) is 11.9. The number of aryl methyl sites for hydroxylation is 1. The second kappa shape index (κ2) is 5.49. The largest absolute Gasteiger partial charge is 0.493 e. The topological polar surface area (TPSA) is 47.0 Å². The molecule has 0 atom stereocenters. The van der Waals surface area contributed by atoms with Gasteiger partial charge in [-0.1, -0.05) is 6.92 Å². The van der Waals surface area contributed by atoms with E-state index in [-0.39, 0.29) is 0 Å². The highest BCUT2D eigenvalue weighted by molar-refractivity contribution is 5.66. The second-order valence-electron chi connectivity index (χ2n) is 5.07. The Bertz CT molecular complexity index is 625. The summed E-state index contributed by atoms with van der Waals surface area (Å²) in [5, 5.41) is 3.24. The molecule has 0 radical (unpaired) electrons. The Morgan fingerprint density at radius 2 is 2.25 bits per heavy atom. The summed E-state index contributed by atoms with van der Waals surface area (Å²) < 4.78 is 5.55. The first-order valence-electron chi connectivity index (χ1n) is 7.11. The molecule has 0 saturated carbocycles. The fraction of sp³-hybridized carbons (Fsp3) is 0.375. The summed E-state index contributed by atoms with van der Waals surface area (Å²) in [4.78, 5) is 8.97. The number of anilines is 1. The van der Waals surface area contributed by atoms with Crippen molar-refractivity contribution in [3.63, 3.8) is 0 Å². The molecule has 2 aromatic rings. The van der Waals surface area contributed by atoms with Gasteiger partial charge in [0, 0.05) is 24.7 Å². The van der Waals surface area contributed by atoms with E-state index in [0.29, 0.717) is 5.95 Å². The zero-order chi connectivity index (χ0) is 13.9. The van der Waals surface area contributed by atoms with Gasteiger partial charge in [-0.2, -0.15) is 0 Å². The summed E-state index contributed by atoms with van der Waals surface area (Å²) in [7, 11) is 0. The minimum Gasteiger partial charge on any atom is -0.493 e. The molecular formula is C16H19N3O. The Labute approximate surface area is 119 Å². The van der Waals surface area contributed by atoms with E-state index < -0.39 is 0 Å². The predicted molar refractivity (Wildman–Crippen MR) is 80.2 cm³/mol. The molecule has 0 spiro atoms. The van der Waals surface area contributed by atoms with Crippen LogP contribution in [-0.4, -0.2) is 23.1 Å². The van der Waals surface area contributed by atoms with Crippen molar-refractivity contribution in [3.05, 3.63) is 35.5 Å². The van der Waals surface area contributed by atoms with Crippen molar-refractivity contribution in [1.82, 2.24) is 9.97 Å². The van der Waals surface area contributed by atoms with Crippen molar-refractivity contribution < 1.29 is 4.74 Å². The SMILES string of the molecule is CCCNc1ncc(C)c(-c2ccc3c(c2)CCO3)n1. The average Bonchev–Trinajstić information content (AvgIpc) is 2.93. The zero-order valence-corrected chi connectivity index (χ0v) is 11.9. The molecular weight excluding hydrogens is 250 g/mol. The highest BCUT2D eigenvalue weighted by Gasteiger charge is 2.14. The standard InChI is InChI=1S/C16H19N3O/c1-3-7-17-16-18-10-11(2)15(19-16)13-4-5-14-12(9-13)6-8-20-14/h4-5,9-10H,3,6-8H2,1-2H3,(H,17,18,19). The molecule has 0 amide bonds. The Morgan fingerprint density at radius 3 is 3.10 bits per heavy atom. The minimum absolute atomic E-state index is 0.698. The van der Waals surface area contributed by atoms with Crippen LogP contribution < -0.4 is 10.1 Å². The summed E-state index contributed by atoms with van der Waals surface area (Å²) in [5.41, 5.74) is 4.48. The Balaban J connectivity index is 1.96. The molecule has 1 aliphatic heterocycles. The molecule has 0 saturated heterocycles. The number of aromatic nitrogens is 2. The average molecular weight is 269 g/mol. The number of nitrogens with zero attached hydrogens (tertiary/aromatic N) is 2. The summed E-state index contributed by atoms with van der Waals surface area (Å²) in [6.45, 7) is 5.84. The molecule has 0 bridgehead atoms. The van der Waals surface area contributed by atoms with Crippen molar-refractivity contribution in [2.45, 2.75) is 26.7 Å². The van der Waals surface area contributed by atoms with Gasteiger partial charge in [-0.15, -0.1) is 0 Å². The molecule has 1 aromatic heterocycles. The van der Waals surface area contributed by atoms with Crippen LogP contribution in [0.25, 0.3) is 11.3 Å². The Hall–Kier alpha value is -2.10. The van der Waals surface area contributed by atoms with Gasteiger partial charge in [0.2, 0.25) is 5.95 Å². The van der Waals surface area contributed by atoms with Crippen LogP contribution in [0.15, 0.2) is 24.4 Å². The van der Waals surface area contributed by atoms with E-state index in [9.17, 15) is 0 Å². The lowest BCUT2D eigenvalue weighted by molar-refractivity contribution is 0.357. The van der Waals surface area contributed by atoms with E-state index in [1.54, 1.807) is 0 Å². The van der Waals surface area contributed by atoms with Gasteiger partial charge < -0.3 is 10.1 Å². The molecule has 0 unspecified atom stereocenters. The van der Waals surface area contributed by atoms with E-state index in [1.807, 2.05) is 19.2 Å². The first-order chi connectivity index (χ1) is 9.78. The smallest absolute Gasteiger partial charge is 0.223 e. The summed E-state index contributed by atoms with van der Waals surface area (Å²) in [6.07, 6.45) is 3.92. The number of ether oxygens (including phenoxy) is 1. The van der Waals surface area contributed by atoms with Crippen LogP contribution in [0.4, 0.5) is 5.95 Å². The number of nitrogens with one attached hydrogen (secondary N) is 1. The fourth-order valence-corrected chi connectivity index (χ4v) is 2.39. The van der Waals surface area contributed by atoms with Crippen LogP contribution in [0.2, 0.25) is 0 Å². The number of rotatable bonds is 4. The highest BCUT2D eigenvalue weighted by atomic mass is 16.5. The van der Waals surface area contributed by atoms with Gasteiger partial charge in [0.1, 0.15) is 5.75 Å². The highest BCUT2D eigenvalue weighted by Crippen LogP contribution is 2.31. The van der Waals surface area contributed by atoms with Crippen LogP contribution in [0, 0.1) is 6.92 Å². The molecule has 1 N–H and O–H groups in total. The van der Waals surface area contributed by atoms with E-state index in [2.05, 4.69) is 34.3 Å². The van der Waals surface area contributed by atoms with Crippen molar-refractivity contribution in [2.75, 3.05) is 18.5 Å². The number of fused-ring (bicyclic) bond motifs is 1. The second-order valence-corrected chi connectivity index (χ2v) is 5.07. The van der Waals surface area contributed by atoms with Crippen LogP contribution in [-0.2, 0) is 6.42 Å². The Kier molecular flexibility index (Phi) is 3.54. The molecule has 20 heavy (non-hydrogen) atoms. The first kappa shape index (κ1) is 12.9. The van der Waals surface area contributed by atoms with Crippen molar-refractivity contribution in [2.24, 2.45) is 0 Å². The van der Waals surface area contributed by atoms with Crippen LogP contribution in [0.3, 0.4) is 0 Å². The van der Waals surface area contributed by atoms with Crippen molar-refractivity contribution in [1.29, 1.82) is 0 Å². The van der Waals surface area contributed by atoms with Gasteiger partial charge in [-0.05, 0) is 42.7 Å². The van der Waals surface area contributed by atoms with Gasteiger partial charge in [0.15, 0.2) is 0 Å². The third-order valence-corrected chi connectivity index (χ3v) is 3.47. The molecule has 1 aliphatic rings. The number of hydrogen-bond acceptors (Lipinski definition) is 4. The number of benzene rings is 1. The Morgan fingerprint density at radius 1 is 1.35 bits per heavy atom. The molecule has 3 rings (SSSR count). The summed E-state index contributed by atoms with van der Waals surface area (Å²) in [6, 6.07) is 6.29. The van der Waals surface area contributed by atoms with Crippen LogP contribution in [0.1, 0.15) is 24.5 Å². The number of hydrogen-bond donors (Lipinski definition) is 1. The maximum atomic E-state index is 5.55. The van der Waals surface area contributed by atoms with Gasteiger partial charge in [0.25, 0.3) is 0 Å². The lowest BCUT2D eigenvalue weighted by Gasteiger charge is -2.09. The quantitative estimate of drug-likeness (QED) is 0.926. The molecule has 4 heteroatoms. The van der Waals surface area contributed by atoms with Gasteiger partial charge >= 0.3 is 0 Å². The molecule has 104 valence electrons. The van der Waals surface area contributed by atoms with Gasteiger partial charge in [-0.3, -0.25) is 0 Å². The fourth-order valence-electron chi connectivity index (χ4n) is 2.39. The molecule has 2 heterocycles. The molecule has 4 nitrogen and oxygen atoms in total. The lowest BCUT2D eigenvalue weighted by Crippen LogP contribution is -2.05. The van der Waals surface area contributed by atoms with Gasteiger partial charge in [0.05, 0.1) is 12.3 Å². The monoisotopic (exact) mass is 269 g/mol. The predicted octanol–water partition coefficient (Wildman–Crippen LogP) is 3.21. The first-order valence-corrected chi connectivity index (χ1v) is 7.11. The van der Waals surface area contributed by atoms with E-state index in [1.165, 1.54) is 5.56 Å². The van der Waals surface area contributed by atoms with E-state index in [0.717, 1.165) is 48.6 Å². The third-order valence-electron chi connectivity index (χ3n) is 3.47. The van der Waals surface area contributed by atoms with Gasteiger partial charge in [-0.25, -0.2) is 9.97 Å². The van der Waals surface area contributed by atoms with Crippen molar-refractivity contribution >= 4 is 5.95 Å². The molecule has 1 aromatic carbocycles. The van der Waals surface area contributed by atoms with Crippen LogP contribution >= 0.6 is 0 Å². The van der Waals surface area contributed by atoms with E-state index >= 15 is 0 Å². The normalized spacial score (nSPS) is 12.9. The lowest BCUT2D eigenvalue weighted by atomic mass is 10.0. The van der Waals surface area contributed by atoms with E-state index in [4.69, 9.17) is 4.74 Å². The summed E-state index contributed by atoms with van der Waals surface area (Å²) >= 11 is 0. The maximum absolute atomic E-state index is 5.55. The summed E-state index contributed by atoms with van der Waals surface area (Å²) in [5.74, 6) is 1.70. The van der Waals surface area contributed by atoms with Crippen LogP contribution in [0.5, 0.6) is 5.75 Å². The molecule has 0 aliphatic carbocycles. The minimum atomic E-state index is 0.698.